The number of rotatable bonds is 4. The van der Waals surface area contributed by atoms with Gasteiger partial charge < -0.3 is 0 Å². The van der Waals surface area contributed by atoms with Crippen LogP contribution in [0.3, 0.4) is 0 Å². The molecule has 15 heavy (non-hydrogen) atoms. The predicted molar refractivity (Wildman–Crippen MR) is 69.7 cm³/mol. The van der Waals surface area contributed by atoms with Crippen LogP contribution in [0.15, 0.2) is 16.8 Å². The highest BCUT2D eigenvalue weighted by Gasteiger charge is 2.52. The molecule has 1 aromatic rings. The molecule has 0 aliphatic heterocycles. The monoisotopic (exact) mass is 284 g/mol. The lowest BCUT2D eigenvalue weighted by Gasteiger charge is -2.28. The fourth-order valence-corrected chi connectivity index (χ4v) is 4.67. The molecule has 2 aliphatic rings. The maximum Gasteiger partial charge on any atom is 0.00882 e. The van der Waals surface area contributed by atoms with Crippen LogP contribution in [0.25, 0.3) is 0 Å². The van der Waals surface area contributed by atoms with Gasteiger partial charge in [-0.25, -0.2) is 0 Å². The average molecular weight is 285 g/mol. The van der Waals surface area contributed by atoms with Crippen LogP contribution >= 0.6 is 27.3 Å². The minimum atomic E-state index is 0.648. The maximum atomic E-state index is 3.75. The Morgan fingerprint density at radius 1 is 1.40 bits per heavy atom. The highest BCUT2D eigenvalue weighted by Crippen LogP contribution is 2.61. The van der Waals surface area contributed by atoms with Crippen molar-refractivity contribution in [3.8, 4) is 0 Å². The number of aryl methyl sites for hydroxylation is 1. The first kappa shape index (κ1) is 10.3. The summed E-state index contributed by atoms with van der Waals surface area (Å²) in [5.41, 5.74) is 2.19. The van der Waals surface area contributed by atoms with E-state index in [-0.39, 0.29) is 0 Å². The Morgan fingerprint density at radius 2 is 2.20 bits per heavy atom. The summed E-state index contributed by atoms with van der Waals surface area (Å²) in [6.07, 6.45) is 7.20. The molecule has 0 aromatic carbocycles. The second-order valence-electron chi connectivity index (χ2n) is 5.43. The second kappa shape index (κ2) is 3.89. The summed E-state index contributed by atoms with van der Waals surface area (Å²) in [4.78, 5) is 0. The molecule has 0 N–H and O–H groups in total. The van der Waals surface area contributed by atoms with Crippen molar-refractivity contribution in [3.05, 3.63) is 22.4 Å². The number of alkyl halides is 1. The normalized spacial score (nSPS) is 37.9. The molecular weight excluding hydrogens is 268 g/mol. The molecule has 0 radical (unpaired) electrons. The van der Waals surface area contributed by atoms with E-state index in [4.69, 9.17) is 0 Å². The maximum absolute atomic E-state index is 3.75. The highest BCUT2D eigenvalue weighted by atomic mass is 79.9. The average Bonchev–Trinajstić information content (AvgIpc) is 2.75. The Hall–Kier alpha value is 0.180. The van der Waals surface area contributed by atoms with Crippen LogP contribution in [0.2, 0.25) is 0 Å². The summed E-state index contributed by atoms with van der Waals surface area (Å²) in [5, 5.41) is 5.72. The summed E-state index contributed by atoms with van der Waals surface area (Å²) in [6, 6.07) is 2.28. The van der Waals surface area contributed by atoms with E-state index in [1.165, 1.54) is 37.4 Å². The molecule has 0 spiro atoms. The molecule has 0 amide bonds. The molecular formula is C13H17BrS. The quantitative estimate of drug-likeness (QED) is 0.715. The van der Waals surface area contributed by atoms with Crippen LogP contribution in [0, 0.1) is 17.3 Å². The predicted octanol–water partition coefficient (Wildman–Crippen LogP) is 4.49. The van der Waals surface area contributed by atoms with Gasteiger partial charge in [0.15, 0.2) is 0 Å². The summed E-state index contributed by atoms with van der Waals surface area (Å²) >= 11 is 5.57. The first-order valence-electron chi connectivity index (χ1n) is 5.88. The molecule has 0 nitrogen and oxygen atoms in total. The Balaban J connectivity index is 1.61. The minimum absolute atomic E-state index is 0.648. The van der Waals surface area contributed by atoms with Gasteiger partial charge in [-0.1, -0.05) is 15.9 Å². The van der Waals surface area contributed by atoms with Gasteiger partial charge in [-0.05, 0) is 71.7 Å². The summed E-state index contributed by atoms with van der Waals surface area (Å²) < 4.78 is 0. The van der Waals surface area contributed by atoms with Gasteiger partial charge in [0.1, 0.15) is 0 Å². The molecule has 2 aliphatic carbocycles. The topological polar surface area (TPSA) is 0 Å². The van der Waals surface area contributed by atoms with Crippen LogP contribution in [0.5, 0.6) is 0 Å². The van der Waals surface area contributed by atoms with E-state index in [2.05, 4.69) is 32.8 Å². The van der Waals surface area contributed by atoms with E-state index in [9.17, 15) is 0 Å². The summed E-state index contributed by atoms with van der Waals surface area (Å²) in [6.45, 7) is 0. The second-order valence-corrected chi connectivity index (χ2v) is 6.77. The molecule has 0 saturated heterocycles. The molecule has 2 heteroatoms. The number of thiophene rings is 1. The Bertz CT molecular complexity index is 320. The van der Waals surface area contributed by atoms with E-state index < -0.39 is 0 Å². The molecule has 1 aromatic heterocycles. The minimum Gasteiger partial charge on any atom is -0.152 e. The van der Waals surface area contributed by atoms with Crippen molar-refractivity contribution in [2.24, 2.45) is 17.3 Å². The fourth-order valence-electron chi connectivity index (χ4n) is 3.23. The van der Waals surface area contributed by atoms with Gasteiger partial charge in [-0.2, -0.15) is 11.3 Å². The van der Waals surface area contributed by atoms with Crippen LogP contribution in [-0.2, 0) is 6.42 Å². The first-order chi connectivity index (χ1) is 7.31. The third-order valence-corrected chi connectivity index (χ3v) is 6.19. The van der Waals surface area contributed by atoms with Crippen molar-refractivity contribution in [1.82, 2.24) is 0 Å². The molecule has 82 valence electrons. The van der Waals surface area contributed by atoms with Crippen LogP contribution in [-0.4, -0.2) is 5.33 Å². The van der Waals surface area contributed by atoms with Gasteiger partial charge in [-0.15, -0.1) is 0 Å². The Labute approximate surface area is 104 Å². The lowest BCUT2D eigenvalue weighted by molar-refractivity contribution is 0.285. The zero-order valence-electron chi connectivity index (χ0n) is 8.92. The third-order valence-electron chi connectivity index (χ3n) is 4.27. The van der Waals surface area contributed by atoms with Crippen molar-refractivity contribution in [3.63, 3.8) is 0 Å². The third kappa shape index (κ3) is 2.03. The Morgan fingerprint density at radius 3 is 2.80 bits per heavy atom. The lowest BCUT2D eigenvalue weighted by Crippen LogP contribution is -2.21. The lowest BCUT2D eigenvalue weighted by atomic mass is 9.80. The zero-order valence-corrected chi connectivity index (χ0v) is 11.3. The summed E-state index contributed by atoms with van der Waals surface area (Å²) in [5.74, 6) is 2.20. The van der Waals surface area contributed by atoms with E-state index in [1.807, 2.05) is 11.3 Å². The first-order valence-corrected chi connectivity index (χ1v) is 7.95. The van der Waals surface area contributed by atoms with E-state index >= 15 is 0 Å². The SMILES string of the molecule is BrCC1(CCc2ccsc2)CC2CC2C1. The van der Waals surface area contributed by atoms with Crippen molar-refractivity contribution in [1.29, 1.82) is 0 Å². The molecule has 3 rings (SSSR count). The molecule has 2 atom stereocenters. The molecule has 0 bridgehead atoms. The van der Waals surface area contributed by atoms with Gasteiger partial charge in [0, 0.05) is 5.33 Å². The largest absolute Gasteiger partial charge is 0.152 e. The molecule has 2 saturated carbocycles. The van der Waals surface area contributed by atoms with Crippen molar-refractivity contribution >= 4 is 27.3 Å². The highest BCUT2D eigenvalue weighted by molar-refractivity contribution is 9.09. The molecule has 2 fully saturated rings. The van der Waals surface area contributed by atoms with Gasteiger partial charge in [0.05, 0.1) is 0 Å². The van der Waals surface area contributed by atoms with Crippen molar-refractivity contribution < 1.29 is 0 Å². The number of hydrogen-bond donors (Lipinski definition) is 0. The van der Waals surface area contributed by atoms with Crippen LogP contribution in [0.4, 0.5) is 0 Å². The van der Waals surface area contributed by atoms with Gasteiger partial charge >= 0.3 is 0 Å². The van der Waals surface area contributed by atoms with Crippen LogP contribution < -0.4 is 0 Å². The fraction of sp³-hybridized carbons (Fsp3) is 0.692. The number of halogens is 1. The number of fused-ring (bicyclic) bond motifs is 1. The van der Waals surface area contributed by atoms with E-state index in [1.54, 1.807) is 5.56 Å². The molecule has 2 unspecified atom stereocenters. The zero-order chi connectivity index (χ0) is 10.3. The van der Waals surface area contributed by atoms with Gasteiger partial charge in [0.25, 0.3) is 0 Å². The summed E-state index contributed by atoms with van der Waals surface area (Å²) in [7, 11) is 0. The molecule has 1 heterocycles. The standard InChI is InChI=1S/C13H17BrS/c14-9-13(6-11-5-12(11)7-13)3-1-10-2-4-15-8-10/h2,4,8,11-12H,1,3,5-7,9H2. The van der Waals surface area contributed by atoms with E-state index in [0.717, 1.165) is 11.8 Å². The van der Waals surface area contributed by atoms with E-state index in [0.29, 0.717) is 5.41 Å². The van der Waals surface area contributed by atoms with Crippen molar-refractivity contribution in [2.75, 3.05) is 5.33 Å². The Kier molecular flexibility index (Phi) is 2.68. The van der Waals surface area contributed by atoms with Gasteiger partial charge in [0.2, 0.25) is 0 Å². The number of hydrogen-bond acceptors (Lipinski definition) is 1. The smallest absolute Gasteiger partial charge is 0.00882 e. The van der Waals surface area contributed by atoms with Gasteiger partial charge in [-0.3, -0.25) is 0 Å². The van der Waals surface area contributed by atoms with Crippen molar-refractivity contribution in [2.45, 2.75) is 32.1 Å². The van der Waals surface area contributed by atoms with Crippen LogP contribution in [0.1, 0.15) is 31.2 Å².